The second-order valence-corrected chi connectivity index (χ2v) is 10.0. The highest BCUT2D eigenvalue weighted by molar-refractivity contribution is 5.00. The average Bonchev–Trinajstić information content (AvgIpc) is 2.77. The Labute approximate surface area is 199 Å². The first-order valence-corrected chi connectivity index (χ1v) is 13.4. The van der Waals surface area contributed by atoms with Crippen LogP contribution < -0.4 is 5.11 Å². The Morgan fingerprint density at radius 1 is 0.656 bits per heavy atom. The molecule has 0 aromatic rings. The van der Waals surface area contributed by atoms with Gasteiger partial charge in [-0.25, -0.2) is 0 Å². The average molecular weight is 450 g/mol. The Kier molecular flexibility index (Phi) is 20.9. The van der Waals surface area contributed by atoms with Crippen LogP contribution in [0, 0.1) is 28.6 Å². The fraction of sp³-hybridized carbons (Fsp3) is 0.926. The first kappa shape index (κ1) is 30.9. The molecule has 0 saturated heterocycles. The Balaban J connectivity index is 3.43. The molecule has 0 aliphatic rings. The van der Waals surface area contributed by atoms with Gasteiger partial charge in [0, 0.05) is 12.7 Å². The fourth-order valence-corrected chi connectivity index (χ4v) is 4.14. The quantitative estimate of drug-likeness (QED) is 0.107. The molecular formula is C27H51N3O2. The van der Waals surface area contributed by atoms with Crippen LogP contribution in [-0.4, -0.2) is 44.6 Å². The predicted molar refractivity (Wildman–Crippen MR) is 130 cm³/mol. The van der Waals surface area contributed by atoms with Crippen LogP contribution in [0.5, 0.6) is 0 Å². The summed E-state index contributed by atoms with van der Waals surface area (Å²) in [5.74, 6) is -1.22. The van der Waals surface area contributed by atoms with E-state index in [-0.39, 0.29) is 0 Å². The number of rotatable bonds is 23. The van der Waals surface area contributed by atoms with Crippen molar-refractivity contribution in [1.82, 2.24) is 0 Å². The van der Waals surface area contributed by atoms with E-state index in [0.717, 1.165) is 24.0 Å². The van der Waals surface area contributed by atoms with E-state index in [0.29, 0.717) is 6.61 Å². The van der Waals surface area contributed by atoms with Crippen molar-refractivity contribution < 1.29 is 14.3 Å². The molecule has 0 aliphatic heterocycles. The second kappa shape index (κ2) is 21.7. The summed E-state index contributed by atoms with van der Waals surface area (Å²) in [6, 6.07) is 3.36. The van der Waals surface area contributed by atoms with E-state index >= 15 is 0 Å². The largest absolute Gasteiger partial charge is 0.829 e. The van der Waals surface area contributed by atoms with Gasteiger partial charge in [0.25, 0.3) is 0 Å². The van der Waals surface area contributed by atoms with Crippen LogP contribution in [0.25, 0.3) is 0 Å². The van der Waals surface area contributed by atoms with Crippen LogP contribution in [-0.2, 0) is 4.74 Å². The standard InChI is InChI=1S/C27H51N3O2/c1-4-5-6-7-8-9-10-11-12-13-14-15-16-17-18-19-21-30(2,3)22-20-23-32-27(31)26(24-28)25-29/h26-27H,4-23H2,1-3H3. The van der Waals surface area contributed by atoms with Gasteiger partial charge in [0.05, 0.1) is 45.9 Å². The van der Waals surface area contributed by atoms with E-state index in [1.54, 1.807) is 12.1 Å². The molecule has 0 saturated carbocycles. The van der Waals surface area contributed by atoms with Crippen molar-refractivity contribution in [2.45, 2.75) is 122 Å². The molecule has 5 heteroatoms. The zero-order valence-electron chi connectivity index (χ0n) is 21.5. The molecule has 1 atom stereocenters. The van der Waals surface area contributed by atoms with E-state index in [2.05, 4.69) is 21.0 Å². The van der Waals surface area contributed by atoms with Gasteiger partial charge in [0.15, 0.2) is 0 Å². The molecule has 186 valence electrons. The van der Waals surface area contributed by atoms with E-state index < -0.39 is 12.2 Å². The summed E-state index contributed by atoms with van der Waals surface area (Å²) >= 11 is 0. The van der Waals surface area contributed by atoms with Crippen molar-refractivity contribution in [2.75, 3.05) is 33.8 Å². The predicted octanol–water partition coefficient (Wildman–Crippen LogP) is 6.08. The molecule has 5 nitrogen and oxygen atoms in total. The van der Waals surface area contributed by atoms with Crippen molar-refractivity contribution in [3.63, 3.8) is 0 Å². The third-order valence-electron chi connectivity index (χ3n) is 6.36. The molecule has 0 radical (unpaired) electrons. The highest BCUT2D eigenvalue weighted by Gasteiger charge is 2.15. The van der Waals surface area contributed by atoms with Gasteiger partial charge in [0.1, 0.15) is 5.92 Å². The summed E-state index contributed by atoms with van der Waals surface area (Å²) in [4.78, 5) is 0. The Hall–Kier alpha value is -1.14. The van der Waals surface area contributed by atoms with E-state index in [1.165, 1.54) is 103 Å². The minimum atomic E-state index is -1.55. The molecule has 0 amide bonds. The molecule has 0 spiro atoms. The maximum Gasteiger partial charge on any atom is 0.144 e. The SMILES string of the molecule is CCCCCCCCCCCCCCCCCC[N+](C)(C)CCCOC([O-])C(C#N)C#N. The summed E-state index contributed by atoms with van der Waals surface area (Å²) in [5, 5.41) is 29.0. The Morgan fingerprint density at radius 3 is 1.44 bits per heavy atom. The highest BCUT2D eigenvalue weighted by Crippen LogP contribution is 2.14. The van der Waals surface area contributed by atoms with Gasteiger partial charge < -0.3 is 14.3 Å². The number of nitrogens with zero attached hydrogens (tertiary/aromatic N) is 3. The third-order valence-corrected chi connectivity index (χ3v) is 6.36. The molecule has 1 unspecified atom stereocenters. The van der Waals surface area contributed by atoms with Crippen molar-refractivity contribution in [1.29, 1.82) is 10.5 Å². The minimum absolute atomic E-state index is 0.314. The molecule has 0 bridgehead atoms. The molecule has 32 heavy (non-hydrogen) atoms. The van der Waals surface area contributed by atoms with Gasteiger partial charge in [-0.3, -0.25) is 0 Å². The molecule has 0 rings (SSSR count). The van der Waals surface area contributed by atoms with Crippen molar-refractivity contribution in [3.05, 3.63) is 0 Å². The van der Waals surface area contributed by atoms with E-state index in [4.69, 9.17) is 15.3 Å². The van der Waals surface area contributed by atoms with Gasteiger partial charge in [-0.15, -0.1) is 0 Å². The maximum atomic E-state index is 11.6. The monoisotopic (exact) mass is 449 g/mol. The summed E-state index contributed by atoms with van der Waals surface area (Å²) in [6.45, 7) is 4.67. The molecule has 0 aromatic carbocycles. The number of hydrogen-bond donors (Lipinski definition) is 0. The second-order valence-electron chi connectivity index (χ2n) is 10.0. The normalized spacial score (nSPS) is 12.6. The topological polar surface area (TPSA) is 79.9 Å². The first-order valence-electron chi connectivity index (χ1n) is 13.4. The first-order chi connectivity index (χ1) is 15.5. The lowest BCUT2D eigenvalue weighted by Crippen LogP contribution is -2.42. The summed E-state index contributed by atoms with van der Waals surface area (Å²) < 4.78 is 6.03. The Morgan fingerprint density at radius 2 is 1.03 bits per heavy atom. The molecule has 0 fully saturated rings. The smallest absolute Gasteiger partial charge is 0.144 e. The lowest BCUT2D eigenvalue weighted by Gasteiger charge is -2.30. The molecule has 0 aliphatic carbocycles. The molecular weight excluding hydrogens is 398 g/mol. The van der Waals surface area contributed by atoms with Gasteiger partial charge in [0.2, 0.25) is 0 Å². The van der Waals surface area contributed by atoms with Crippen LogP contribution in [0.1, 0.15) is 116 Å². The van der Waals surface area contributed by atoms with Gasteiger partial charge in [-0.05, 0) is 12.8 Å². The molecule has 0 heterocycles. The number of ether oxygens (including phenoxy) is 1. The maximum absolute atomic E-state index is 11.6. The van der Waals surface area contributed by atoms with Gasteiger partial charge >= 0.3 is 0 Å². The molecule has 0 aromatic heterocycles. The number of nitriles is 2. The van der Waals surface area contributed by atoms with Crippen LogP contribution in [0.15, 0.2) is 0 Å². The minimum Gasteiger partial charge on any atom is -0.829 e. The molecule has 0 N–H and O–H groups in total. The van der Waals surface area contributed by atoms with Crippen molar-refractivity contribution in [3.8, 4) is 12.1 Å². The van der Waals surface area contributed by atoms with Gasteiger partial charge in [-0.1, -0.05) is 96.8 Å². The van der Waals surface area contributed by atoms with Crippen LogP contribution in [0.3, 0.4) is 0 Å². The fourth-order valence-electron chi connectivity index (χ4n) is 4.14. The summed E-state index contributed by atoms with van der Waals surface area (Å²) in [7, 11) is 4.43. The van der Waals surface area contributed by atoms with Crippen molar-refractivity contribution >= 4 is 0 Å². The van der Waals surface area contributed by atoms with Crippen LogP contribution in [0.4, 0.5) is 0 Å². The Bertz CT molecular complexity index is 482. The number of hydrogen-bond acceptors (Lipinski definition) is 4. The number of quaternary nitrogens is 1. The van der Waals surface area contributed by atoms with Crippen LogP contribution in [0.2, 0.25) is 0 Å². The highest BCUT2D eigenvalue weighted by atomic mass is 16.6. The third kappa shape index (κ3) is 19.5. The zero-order chi connectivity index (χ0) is 23.9. The van der Waals surface area contributed by atoms with E-state index in [1.807, 2.05) is 0 Å². The van der Waals surface area contributed by atoms with Crippen molar-refractivity contribution in [2.24, 2.45) is 5.92 Å². The summed E-state index contributed by atoms with van der Waals surface area (Å²) in [5.41, 5.74) is 0. The summed E-state index contributed by atoms with van der Waals surface area (Å²) in [6.07, 6.45) is 21.4. The van der Waals surface area contributed by atoms with Gasteiger partial charge in [-0.2, -0.15) is 10.5 Å². The lowest BCUT2D eigenvalue weighted by atomic mass is 10.0. The van der Waals surface area contributed by atoms with Crippen LogP contribution >= 0.6 is 0 Å². The zero-order valence-corrected chi connectivity index (χ0v) is 21.5. The van der Waals surface area contributed by atoms with E-state index in [9.17, 15) is 5.11 Å². The number of unbranched alkanes of at least 4 members (excludes halogenated alkanes) is 15. The lowest BCUT2D eigenvalue weighted by molar-refractivity contribution is -0.890.